The Bertz CT molecular complexity index is 1730. The summed E-state index contributed by atoms with van der Waals surface area (Å²) in [5.41, 5.74) is 2.50. The number of rotatable bonds is 2. The highest BCUT2D eigenvalue weighted by Gasteiger charge is 2.24. The van der Waals surface area contributed by atoms with Gasteiger partial charge in [0.25, 0.3) is 0 Å². The van der Waals surface area contributed by atoms with Gasteiger partial charge in [0.2, 0.25) is 0 Å². The summed E-state index contributed by atoms with van der Waals surface area (Å²) in [6, 6.07) is 27.0. The van der Waals surface area contributed by atoms with Crippen molar-refractivity contribution in [2.45, 2.75) is 51.7 Å². The number of alkyl carbamates (subject to hydrolysis) is 1. The Morgan fingerprint density at radius 2 is 1.52 bits per heavy atom. The van der Waals surface area contributed by atoms with Gasteiger partial charge in [0.15, 0.2) is 0 Å². The second-order valence-corrected chi connectivity index (χ2v) is 11.2. The van der Waals surface area contributed by atoms with Crippen molar-refractivity contribution in [3.8, 4) is 5.75 Å². The zero-order chi connectivity index (χ0) is 28.4. The molecular weight excluding hydrogens is 502 g/mol. The summed E-state index contributed by atoms with van der Waals surface area (Å²) >= 11 is 0. The van der Waals surface area contributed by atoms with E-state index in [0.29, 0.717) is 5.56 Å². The number of aryl methyl sites for hydroxylation is 1. The summed E-state index contributed by atoms with van der Waals surface area (Å²) in [6.45, 7) is 5.62. The Kier molecular flexibility index (Phi) is 7.35. The number of fused-ring (bicyclic) bond motifs is 6. The van der Waals surface area contributed by atoms with Crippen LogP contribution in [0.4, 0.5) is 4.79 Å². The minimum Gasteiger partial charge on any atom is -0.508 e. The predicted molar refractivity (Wildman–Crippen MR) is 159 cm³/mol. The molecule has 1 aliphatic rings. The molecule has 0 saturated heterocycles. The minimum absolute atomic E-state index is 0.0993. The van der Waals surface area contributed by atoms with Crippen LogP contribution in [0.25, 0.3) is 32.3 Å². The van der Waals surface area contributed by atoms with Gasteiger partial charge in [0, 0.05) is 6.04 Å². The molecule has 204 valence electrons. The first-order chi connectivity index (χ1) is 19.1. The van der Waals surface area contributed by atoms with Gasteiger partial charge in [-0.25, -0.2) is 9.59 Å². The van der Waals surface area contributed by atoms with Crippen LogP contribution in [0.1, 0.15) is 48.7 Å². The average molecular weight is 536 g/mol. The van der Waals surface area contributed by atoms with Gasteiger partial charge in [-0.15, -0.1) is 0 Å². The molecule has 6 heteroatoms. The van der Waals surface area contributed by atoms with E-state index in [1.54, 1.807) is 24.3 Å². The van der Waals surface area contributed by atoms with Crippen molar-refractivity contribution in [2.24, 2.45) is 0 Å². The maximum Gasteiger partial charge on any atom is 0.407 e. The summed E-state index contributed by atoms with van der Waals surface area (Å²) < 4.78 is 5.39. The van der Waals surface area contributed by atoms with Crippen LogP contribution in [-0.4, -0.2) is 33.9 Å². The molecule has 0 unspecified atom stereocenters. The first-order valence-electron chi connectivity index (χ1n) is 13.5. The predicted octanol–water partition coefficient (Wildman–Crippen LogP) is 7.62. The largest absolute Gasteiger partial charge is 0.508 e. The van der Waals surface area contributed by atoms with Crippen molar-refractivity contribution in [1.29, 1.82) is 0 Å². The van der Waals surface area contributed by atoms with E-state index in [4.69, 9.17) is 9.84 Å². The molecule has 1 aliphatic carbocycles. The smallest absolute Gasteiger partial charge is 0.407 e. The Hall–Kier alpha value is -4.58. The first kappa shape index (κ1) is 27.0. The number of carboxylic acids is 1. The van der Waals surface area contributed by atoms with E-state index in [0.717, 1.165) is 40.8 Å². The normalized spacial score (nSPS) is 14.7. The van der Waals surface area contributed by atoms with Gasteiger partial charge in [0.05, 0.1) is 5.56 Å². The number of aromatic carboxylic acids is 1. The Labute approximate surface area is 233 Å². The second-order valence-electron chi connectivity index (χ2n) is 11.2. The highest BCUT2D eigenvalue weighted by molar-refractivity contribution is 6.09. The summed E-state index contributed by atoms with van der Waals surface area (Å²) in [6.07, 6.45) is 2.30. The highest BCUT2D eigenvalue weighted by atomic mass is 16.6. The van der Waals surface area contributed by atoms with E-state index in [1.165, 1.54) is 21.9 Å². The number of ether oxygens (including phenoxy) is 1. The number of nitrogens with one attached hydrogen (secondary N) is 1. The molecule has 6 nitrogen and oxygen atoms in total. The van der Waals surface area contributed by atoms with E-state index in [9.17, 15) is 14.7 Å². The van der Waals surface area contributed by atoms with Gasteiger partial charge in [-0.1, -0.05) is 60.7 Å². The van der Waals surface area contributed by atoms with E-state index in [2.05, 4.69) is 29.6 Å². The van der Waals surface area contributed by atoms with Crippen molar-refractivity contribution in [1.82, 2.24) is 5.32 Å². The fourth-order valence-corrected chi connectivity index (χ4v) is 5.33. The van der Waals surface area contributed by atoms with Crippen LogP contribution in [0.2, 0.25) is 0 Å². The first-order valence-corrected chi connectivity index (χ1v) is 13.5. The third-order valence-corrected chi connectivity index (χ3v) is 7.14. The van der Waals surface area contributed by atoms with Crippen molar-refractivity contribution in [3.63, 3.8) is 0 Å². The molecule has 5 aromatic rings. The molecule has 1 atom stereocenters. The van der Waals surface area contributed by atoms with Gasteiger partial charge in [-0.05, 0) is 108 Å². The number of aromatic hydroxyl groups is 1. The molecule has 40 heavy (non-hydrogen) atoms. The summed E-state index contributed by atoms with van der Waals surface area (Å²) in [4.78, 5) is 22.7. The van der Waals surface area contributed by atoms with Gasteiger partial charge < -0.3 is 20.3 Å². The van der Waals surface area contributed by atoms with Crippen LogP contribution in [0.5, 0.6) is 5.75 Å². The van der Waals surface area contributed by atoms with E-state index in [1.807, 2.05) is 57.2 Å². The van der Waals surface area contributed by atoms with Crippen LogP contribution in [0.15, 0.2) is 84.9 Å². The van der Waals surface area contributed by atoms with E-state index < -0.39 is 11.6 Å². The number of carbonyl (C=O) groups excluding carboxylic acids is 1. The second kappa shape index (κ2) is 10.9. The highest BCUT2D eigenvalue weighted by Crippen LogP contribution is 2.34. The zero-order valence-corrected chi connectivity index (χ0v) is 22.9. The van der Waals surface area contributed by atoms with Gasteiger partial charge >= 0.3 is 12.1 Å². The average Bonchev–Trinajstić information content (AvgIpc) is 2.91. The number of amides is 1. The molecule has 0 aliphatic heterocycles. The zero-order valence-electron chi connectivity index (χ0n) is 22.9. The SMILES string of the molecule is CC(C)(C)OC(=O)N[C@H]1CCc2c(ccc3c2ccc2cc(O)ccc23)C1.O=C(O)c1ccc2ccccc2c1. The standard InChI is InChI=1S/C23H25NO3.C11H8O2/c1-23(2,3)27-22(26)24-16-6-10-18-14(12-16)4-8-21-19-11-7-17(25)13-15(19)5-9-20(18)21;12-11(13)10-6-5-8-3-1-2-4-9(8)7-10/h4-5,7-9,11,13,16,25H,6,10,12H2,1-3H3,(H,24,26);1-7H,(H,12,13)/t16-;/m0./s1. The number of phenols is 1. The molecule has 0 heterocycles. The lowest BCUT2D eigenvalue weighted by atomic mass is 9.84. The Morgan fingerprint density at radius 1 is 0.825 bits per heavy atom. The van der Waals surface area contributed by atoms with Crippen LogP contribution in [-0.2, 0) is 17.6 Å². The van der Waals surface area contributed by atoms with Crippen molar-refractivity contribution >= 4 is 44.4 Å². The van der Waals surface area contributed by atoms with Crippen LogP contribution < -0.4 is 5.32 Å². The maximum absolute atomic E-state index is 12.1. The monoisotopic (exact) mass is 535 g/mol. The lowest BCUT2D eigenvalue weighted by Gasteiger charge is -2.28. The van der Waals surface area contributed by atoms with Gasteiger partial charge in [-0.2, -0.15) is 0 Å². The molecule has 3 N–H and O–H groups in total. The van der Waals surface area contributed by atoms with Crippen molar-refractivity contribution in [2.75, 3.05) is 0 Å². The lowest BCUT2D eigenvalue weighted by molar-refractivity contribution is 0.0499. The number of phenolic OH excluding ortho intramolecular Hbond substituents is 1. The minimum atomic E-state index is -0.884. The lowest BCUT2D eigenvalue weighted by Crippen LogP contribution is -2.41. The number of hydrogen-bond acceptors (Lipinski definition) is 4. The molecule has 0 saturated carbocycles. The third kappa shape index (κ3) is 6.01. The number of hydrogen-bond donors (Lipinski definition) is 3. The molecule has 0 radical (unpaired) electrons. The molecule has 0 spiro atoms. The molecule has 0 bridgehead atoms. The molecule has 1 amide bonds. The molecule has 6 rings (SSSR count). The van der Waals surface area contributed by atoms with Gasteiger partial charge in [-0.3, -0.25) is 0 Å². The summed E-state index contributed by atoms with van der Waals surface area (Å²) in [5.74, 6) is -0.596. The maximum atomic E-state index is 12.1. The topological polar surface area (TPSA) is 95.9 Å². The summed E-state index contributed by atoms with van der Waals surface area (Å²) in [7, 11) is 0. The van der Waals surface area contributed by atoms with Crippen LogP contribution in [0, 0.1) is 0 Å². The molecular formula is C34H33NO5. The van der Waals surface area contributed by atoms with Crippen molar-refractivity contribution < 1.29 is 24.5 Å². The van der Waals surface area contributed by atoms with E-state index in [-0.39, 0.29) is 17.9 Å². The third-order valence-electron chi connectivity index (χ3n) is 7.14. The summed E-state index contributed by atoms with van der Waals surface area (Å²) in [5, 5.41) is 28.2. The van der Waals surface area contributed by atoms with Crippen molar-refractivity contribution in [3.05, 3.63) is 102 Å². The Balaban J connectivity index is 0.000000207. The number of carbonyl (C=O) groups is 2. The van der Waals surface area contributed by atoms with Gasteiger partial charge in [0.1, 0.15) is 11.4 Å². The molecule has 0 fully saturated rings. The van der Waals surface area contributed by atoms with Crippen LogP contribution >= 0.6 is 0 Å². The quantitative estimate of drug-likeness (QED) is 0.202. The fourth-order valence-electron chi connectivity index (χ4n) is 5.33. The fraction of sp³-hybridized carbons (Fsp3) is 0.235. The number of carboxylic acid groups (broad SMARTS) is 1. The Morgan fingerprint density at radius 3 is 2.27 bits per heavy atom. The molecule has 5 aromatic carbocycles. The molecule has 0 aromatic heterocycles. The number of benzene rings is 5. The van der Waals surface area contributed by atoms with Crippen LogP contribution in [0.3, 0.4) is 0 Å². The van der Waals surface area contributed by atoms with E-state index >= 15 is 0 Å².